The van der Waals surface area contributed by atoms with Crippen LogP contribution in [0.4, 0.5) is 10.8 Å². The number of nitrogens with one attached hydrogen (secondary N) is 2. The van der Waals surface area contributed by atoms with E-state index in [1.54, 1.807) is 0 Å². The van der Waals surface area contributed by atoms with Crippen molar-refractivity contribution in [3.63, 3.8) is 0 Å². The van der Waals surface area contributed by atoms with Gasteiger partial charge in [-0.25, -0.2) is 4.98 Å². The SMILES string of the molecule is CC(Sc1cccc(NC(=O)CC(C)(C)C)c1)C(=O)Nc1nc(-c2ccc(Cl)cc2)cs1. The Hall–Kier alpha value is -2.35. The number of nitrogens with zero attached hydrogens (tertiary/aromatic N) is 1. The molecule has 0 saturated carbocycles. The van der Waals surface area contributed by atoms with Gasteiger partial charge >= 0.3 is 0 Å². The minimum atomic E-state index is -0.335. The van der Waals surface area contributed by atoms with E-state index < -0.39 is 0 Å². The summed E-state index contributed by atoms with van der Waals surface area (Å²) in [6.45, 7) is 7.93. The van der Waals surface area contributed by atoms with Crippen molar-refractivity contribution < 1.29 is 9.59 Å². The summed E-state index contributed by atoms with van der Waals surface area (Å²) in [5.74, 6) is -0.153. The Labute approximate surface area is 202 Å². The van der Waals surface area contributed by atoms with Crippen LogP contribution >= 0.6 is 34.7 Å². The molecule has 1 heterocycles. The van der Waals surface area contributed by atoms with Gasteiger partial charge in [-0.3, -0.25) is 9.59 Å². The third-order valence-corrected chi connectivity index (χ3v) is 6.47. The Morgan fingerprint density at radius 3 is 2.53 bits per heavy atom. The summed E-state index contributed by atoms with van der Waals surface area (Å²) in [7, 11) is 0. The van der Waals surface area contributed by atoms with Crippen molar-refractivity contribution in [3.05, 3.63) is 58.9 Å². The van der Waals surface area contributed by atoms with Crippen LogP contribution in [0.15, 0.2) is 58.8 Å². The summed E-state index contributed by atoms with van der Waals surface area (Å²) in [6, 6.07) is 15.0. The fraction of sp³-hybridized carbons (Fsp3) is 0.292. The zero-order valence-corrected chi connectivity index (χ0v) is 20.8. The molecular weight excluding hydrogens is 462 g/mol. The van der Waals surface area contributed by atoms with Gasteiger partial charge in [-0.15, -0.1) is 23.1 Å². The van der Waals surface area contributed by atoms with Crippen LogP contribution in [0.25, 0.3) is 11.3 Å². The molecule has 0 saturated heterocycles. The minimum Gasteiger partial charge on any atom is -0.326 e. The predicted octanol–water partition coefficient (Wildman–Crippen LogP) is 6.96. The third-order valence-electron chi connectivity index (χ3n) is 4.37. The zero-order valence-electron chi connectivity index (χ0n) is 18.4. The van der Waals surface area contributed by atoms with Gasteiger partial charge in [0, 0.05) is 33.0 Å². The molecule has 2 amide bonds. The molecule has 8 heteroatoms. The van der Waals surface area contributed by atoms with Gasteiger partial charge in [-0.1, -0.05) is 50.6 Å². The minimum absolute atomic E-state index is 0.0225. The topological polar surface area (TPSA) is 71.1 Å². The molecule has 2 aromatic carbocycles. The van der Waals surface area contributed by atoms with E-state index in [0.717, 1.165) is 21.8 Å². The van der Waals surface area contributed by atoms with Gasteiger partial charge in [0.05, 0.1) is 10.9 Å². The number of hydrogen-bond donors (Lipinski definition) is 2. The first-order valence-electron chi connectivity index (χ1n) is 10.2. The monoisotopic (exact) mass is 487 g/mol. The number of halogens is 1. The Kier molecular flexibility index (Phi) is 7.98. The number of carbonyl (C=O) groups excluding carboxylic acids is 2. The number of thiazole rings is 1. The lowest BCUT2D eigenvalue weighted by molar-refractivity contribution is -0.118. The number of rotatable bonds is 7. The van der Waals surface area contributed by atoms with Gasteiger partial charge in [0.1, 0.15) is 0 Å². The van der Waals surface area contributed by atoms with Crippen LogP contribution in [0, 0.1) is 5.41 Å². The third kappa shape index (κ3) is 7.36. The van der Waals surface area contributed by atoms with Crippen LogP contribution in [0.3, 0.4) is 0 Å². The summed E-state index contributed by atoms with van der Waals surface area (Å²) >= 11 is 8.75. The maximum absolute atomic E-state index is 12.7. The van der Waals surface area contributed by atoms with E-state index in [2.05, 4.69) is 15.6 Å². The molecule has 0 fully saturated rings. The summed E-state index contributed by atoms with van der Waals surface area (Å²) < 4.78 is 0. The van der Waals surface area contributed by atoms with E-state index in [-0.39, 0.29) is 22.5 Å². The zero-order chi connectivity index (χ0) is 23.3. The molecule has 1 atom stereocenters. The smallest absolute Gasteiger partial charge is 0.239 e. The van der Waals surface area contributed by atoms with Gasteiger partial charge in [-0.05, 0) is 42.7 Å². The lowest BCUT2D eigenvalue weighted by Gasteiger charge is -2.17. The highest BCUT2D eigenvalue weighted by molar-refractivity contribution is 8.00. The quantitative estimate of drug-likeness (QED) is 0.353. The van der Waals surface area contributed by atoms with Gasteiger partial charge in [-0.2, -0.15) is 0 Å². The number of anilines is 2. The van der Waals surface area contributed by atoms with Gasteiger partial charge in [0.25, 0.3) is 0 Å². The van der Waals surface area contributed by atoms with E-state index in [1.165, 1.54) is 23.1 Å². The van der Waals surface area contributed by atoms with E-state index in [9.17, 15) is 9.59 Å². The second-order valence-electron chi connectivity index (χ2n) is 8.61. The first kappa shape index (κ1) is 24.3. The fourth-order valence-electron chi connectivity index (χ4n) is 2.88. The summed E-state index contributed by atoms with van der Waals surface area (Å²) in [4.78, 5) is 30.3. The molecule has 0 spiro atoms. The predicted molar refractivity (Wildman–Crippen MR) is 136 cm³/mol. The Bertz CT molecular complexity index is 1090. The first-order chi connectivity index (χ1) is 15.1. The van der Waals surface area contributed by atoms with Crippen molar-refractivity contribution in [2.24, 2.45) is 5.41 Å². The van der Waals surface area contributed by atoms with Crippen LogP contribution < -0.4 is 10.6 Å². The van der Waals surface area contributed by atoms with E-state index in [1.807, 2.05) is 81.6 Å². The van der Waals surface area contributed by atoms with Crippen molar-refractivity contribution >= 4 is 57.3 Å². The average Bonchev–Trinajstić information content (AvgIpc) is 3.15. The van der Waals surface area contributed by atoms with Crippen molar-refractivity contribution in [2.45, 2.75) is 44.3 Å². The maximum Gasteiger partial charge on any atom is 0.239 e. The van der Waals surface area contributed by atoms with Crippen molar-refractivity contribution in [3.8, 4) is 11.3 Å². The normalized spacial score (nSPS) is 12.3. The Balaban J connectivity index is 1.58. The lowest BCUT2D eigenvalue weighted by atomic mass is 9.92. The van der Waals surface area contributed by atoms with Crippen molar-refractivity contribution in [2.75, 3.05) is 10.6 Å². The number of thioether (sulfide) groups is 1. The number of hydrogen-bond acceptors (Lipinski definition) is 5. The number of carbonyl (C=O) groups is 2. The molecule has 3 rings (SSSR count). The molecule has 0 radical (unpaired) electrons. The largest absolute Gasteiger partial charge is 0.326 e. The maximum atomic E-state index is 12.7. The molecule has 5 nitrogen and oxygen atoms in total. The highest BCUT2D eigenvalue weighted by atomic mass is 35.5. The number of benzene rings is 2. The second-order valence-corrected chi connectivity index (χ2v) is 11.3. The van der Waals surface area contributed by atoms with Crippen LogP contribution in [-0.4, -0.2) is 22.0 Å². The highest BCUT2D eigenvalue weighted by Crippen LogP contribution is 2.29. The van der Waals surface area contributed by atoms with E-state index >= 15 is 0 Å². The van der Waals surface area contributed by atoms with Crippen molar-refractivity contribution in [1.82, 2.24) is 4.98 Å². The molecule has 0 aliphatic heterocycles. The molecule has 0 bridgehead atoms. The molecule has 168 valence electrons. The van der Waals surface area contributed by atoms with E-state index in [4.69, 9.17) is 11.6 Å². The number of amides is 2. The van der Waals surface area contributed by atoms with Gasteiger partial charge in [0.2, 0.25) is 11.8 Å². The molecule has 32 heavy (non-hydrogen) atoms. The molecule has 1 aromatic heterocycles. The second kappa shape index (κ2) is 10.5. The Morgan fingerprint density at radius 2 is 1.84 bits per heavy atom. The molecule has 3 aromatic rings. The molecular formula is C24H26ClN3O2S2. The van der Waals surface area contributed by atoms with Crippen LogP contribution in [0.2, 0.25) is 5.02 Å². The number of aromatic nitrogens is 1. The molecule has 0 aliphatic rings. The molecule has 2 N–H and O–H groups in total. The van der Waals surface area contributed by atoms with Crippen LogP contribution in [0.5, 0.6) is 0 Å². The Morgan fingerprint density at radius 1 is 1.12 bits per heavy atom. The molecule has 0 aliphatic carbocycles. The summed E-state index contributed by atoms with van der Waals surface area (Å²) in [5.41, 5.74) is 2.39. The van der Waals surface area contributed by atoms with Gasteiger partial charge in [0.15, 0.2) is 5.13 Å². The van der Waals surface area contributed by atoms with Gasteiger partial charge < -0.3 is 10.6 Å². The first-order valence-corrected chi connectivity index (χ1v) is 12.3. The standard InChI is InChI=1S/C24H26ClN3O2S2/c1-15(32-19-7-5-6-18(12-19)26-21(29)13-24(2,3)4)22(30)28-23-27-20(14-31-23)16-8-10-17(25)11-9-16/h5-12,14-15H,13H2,1-4H3,(H,26,29)(H,27,28,30). The van der Waals surface area contributed by atoms with Crippen LogP contribution in [0.1, 0.15) is 34.1 Å². The fourth-order valence-corrected chi connectivity index (χ4v) is 4.66. The highest BCUT2D eigenvalue weighted by Gasteiger charge is 2.18. The lowest BCUT2D eigenvalue weighted by Crippen LogP contribution is -2.22. The van der Waals surface area contributed by atoms with Crippen molar-refractivity contribution in [1.29, 1.82) is 0 Å². The summed E-state index contributed by atoms with van der Waals surface area (Å²) in [6.07, 6.45) is 0.439. The van der Waals surface area contributed by atoms with Crippen LogP contribution in [-0.2, 0) is 9.59 Å². The van der Waals surface area contributed by atoms with E-state index in [0.29, 0.717) is 16.6 Å². The molecule has 1 unspecified atom stereocenters. The summed E-state index contributed by atoms with van der Waals surface area (Å²) in [5, 5.41) is 8.61. The average molecular weight is 488 g/mol.